The molecule has 17 heavy (non-hydrogen) atoms. The summed E-state index contributed by atoms with van der Waals surface area (Å²) >= 11 is 0. The second kappa shape index (κ2) is 6.46. The summed E-state index contributed by atoms with van der Waals surface area (Å²) in [5, 5.41) is 0. The molecule has 0 bridgehead atoms. The number of esters is 1. The third-order valence-corrected chi connectivity index (χ3v) is 2.09. The van der Waals surface area contributed by atoms with Crippen molar-refractivity contribution in [3.63, 3.8) is 0 Å². The van der Waals surface area contributed by atoms with Crippen LogP contribution in [0.25, 0.3) is 0 Å². The van der Waals surface area contributed by atoms with Crippen LogP contribution in [0.15, 0.2) is 0 Å². The highest BCUT2D eigenvalue weighted by molar-refractivity contribution is 5.82. The maximum Gasteiger partial charge on any atom is 0.389 e. The first-order chi connectivity index (χ1) is 7.67. The standard InChI is InChI=1S/C10H16F3NO3/c1-7(2)14(6-9(16)17-3)8(15)4-5-10(11,12)13/h7H,4-6H2,1-3H3. The summed E-state index contributed by atoms with van der Waals surface area (Å²) < 4.78 is 40.2. The lowest BCUT2D eigenvalue weighted by Gasteiger charge is -2.25. The first-order valence-corrected chi connectivity index (χ1v) is 5.10. The predicted molar refractivity (Wildman–Crippen MR) is 54.2 cm³/mol. The number of ether oxygens (including phenoxy) is 1. The van der Waals surface area contributed by atoms with E-state index in [2.05, 4.69) is 4.74 Å². The van der Waals surface area contributed by atoms with E-state index in [0.29, 0.717) is 0 Å². The second-order valence-electron chi connectivity index (χ2n) is 3.81. The van der Waals surface area contributed by atoms with E-state index in [9.17, 15) is 22.8 Å². The van der Waals surface area contributed by atoms with Crippen LogP contribution >= 0.6 is 0 Å². The number of alkyl halides is 3. The first-order valence-electron chi connectivity index (χ1n) is 5.10. The molecule has 1 amide bonds. The van der Waals surface area contributed by atoms with Gasteiger partial charge in [-0.25, -0.2) is 0 Å². The maximum absolute atomic E-state index is 11.9. The van der Waals surface area contributed by atoms with E-state index in [0.717, 1.165) is 12.0 Å². The molecule has 4 nitrogen and oxygen atoms in total. The molecular formula is C10H16F3NO3. The molecule has 0 unspecified atom stereocenters. The third-order valence-electron chi connectivity index (χ3n) is 2.09. The van der Waals surface area contributed by atoms with Crippen molar-refractivity contribution < 1.29 is 27.5 Å². The predicted octanol–water partition coefficient (Wildman–Crippen LogP) is 1.74. The molecule has 100 valence electrons. The summed E-state index contributed by atoms with van der Waals surface area (Å²) in [6, 6.07) is -0.352. The topological polar surface area (TPSA) is 46.6 Å². The van der Waals surface area contributed by atoms with E-state index in [1.165, 1.54) is 0 Å². The Bertz CT molecular complexity index is 276. The molecule has 0 spiro atoms. The Labute approximate surface area is 97.7 Å². The van der Waals surface area contributed by atoms with Gasteiger partial charge in [-0.3, -0.25) is 9.59 Å². The summed E-state index contributed by atoms with van der Waals surface area (Å²) in [6.07, 6.45) is -6.21. The van der Waals surface area contributed by atoms with Crippen LogP contribution in [-0.2, 0) is 14.3 Å². The van der Waals surface area contributed by atoms with Gasteiger partial charge in [-0.2, -0.15) is 13.2 Å². The number of methoxy groups -OCH3 is 1. The molecule has 0 radical (unpaired) electrons. The zero-order chi connectivity index (χ0) is 13.6. The molecule has 0 N–H and O–H groups in total. The highest BCUT2D eigenvalue weighted by atomic mass is 19.4. The fraction of sp³-hybridized carbons (Fsp3) is 0.800. The van der Waals surface area contributed by atoms with Gasteiger partial charge in [-0.05, 0) is 13.8 Å². The van der Waals surface area contributed by atoms with E-state index in [1.807, 2.05) is 0 Å². The van der Waals surface area contributed by atoms with E-state index in [-0.39, 0.29) is 12.6 Å². The molecule has 0 aliphatic carbocycles. The normalized spacial score (nSPS) is 11.5. The molecule has 0 atom stereocenters. The molecule has 7 heteroatoms. The van der Waals surface area contributed by atoms with Gasteiger partial charge in [-0.15, -0.1) is 0 Å². The summed E-state index contributed by atoms with van der Waals surface area (Å²) in [5.74, 6) is -1.36. The van der Waals surface area contributed by atoms with Crippen LogP contribution in [0.1, 0.15) is 26.7 Å². The molecular weight excluding hydrogens is 239 g/mol. The summed E-state index contributed by atoms with van der Waals surface area (Å²) in [7, 11) is 1.15. The van der Waals surface area contributed by atoms with Gasteiger partial charge in [-0.1, -0.05) is 0 Å². The Morgan fingerprint density at radius 1 is 1.29 bits per heavy atom. The van der Waals surface area contributed by atoms with Crippen molar-refractivity contribution >= 4 is 11.9 Å². The van der Waals surface area contributed by atoms with Gasteiger partial charge in [0.2, 0.25) is 5.91 Å². The van der Waals surface area contributed by atoms with Gasteiger partial charge in [0.25, 0.3) is 0 Å². The van der Waals surface area contributed by atoms with E-state index < -0.39 is 30.9 Å². The molecule has 0 aromatic heterocycles. The van der Waals surface area contributed by atoms with Gasteiger partial charge < -0.3 is 9.64 Å². The van der Waals surface area contributed by atoms with Gasteiger partial charge >= 0.3 is 12.1 Å². The quantitative estimate of drug-likeness (QED) is 0.703. The molecule has 0 rings (SSSR count). The summed E-state index contributed by atoms with van der Waals surface area (Å²) in [5.41, 5.74) is 0. The van der Waals surface area contributed by atoms with Gasteiger partial charge in [0.05, 0.1) is 13.5 Å². The molecule has 0 saturated heterocycles. The van der Waals surface area contributed by atoms with Crippen molar-refractivity contribution in [3.05, 3.63) is 0 Å². The Balaban J connectivity index is 4.40. The van der Waals surface area contributed by atoms with Crippen LogP contribution in [0.4, 0.5) is 13.2 Å². The summed E-state index contributed by atoms with van der Waals surface area (Å²) in [6.45, 7) is 2.91. The lowest BCUT2D eigenvalue weighted by atomic mass is 10.2. The Morgan fingerprint density at radius 2 is 1.82 bits per heavy atom. The van der Waals surface area contributed by atoms with Crippen LogP contribution in [0.3, 0.4) is 0 Å². The van der Waals surface area contributed by atoms with Crippen LogP contribution in [-0.4, -0.2) is 42.6 Å². The second-order valence-corrected chi connectivity index (χ2v) is 3.81. The molecule has 0 fully saturated rings. The minimum atomic E-state index is -4.37. The molecule has 0 aliphatic rings. The zero-order valence-electron chi connectivity index (χ0n) is 10.0. The summed E-state index contributed by atoms with van der Waals surface area (Å²) in [4.78, 5) is 23.6. The fourth-order valence-corrected chi connectivity index (χ4v) is 1.15. The van der Waals surface area contributed by atoms with Crippen molar-refractivity contribution in [1.29, 1.82) is 0 Å². The Kier molecular flexibility index (Phi) is 5.98. The van der Waals surface area contributed by atoms with E-state index >= 15 is 0 Å². The number of hydrogen-bond acceptors (Lipinski definition) is 3. The van der Waals surface area contributed by atoms with Crippen LogP contribution in [0.2, 0.25) is 0 Å². The van der Waals surface area contributed by atoms with Crippen molar-refractivity contribution in [1.82, 2.24) is 4.90 Å². The van der Waals surface area contributed by atoms with Gasteiger partial charge in [0, 0.05) is 12.5 Å². The van der Waals surface area contributed by atoms with Crippen molar-refractivity contribution in [2.75, 3.05) is 13.7 Å². The van der Waals surface area contributed by atoms with Crippen LogP contribution in [0, 0.1) is 0 Å². The Morgan fingerprint density at radius 3 is 2.18 bits per heavy atom. The lowest BCUT2D eigenvalue weighted by Crippen LogP contribution is -2.41. The van der Waals surface area contributed by atoms with Crippen molar-refractivity contribution in [2.24, 2.45) is 0 Å². The molecule has 0 saturated carbocycles. The number of hydrogen-bond donors (Lipinski definition) is 0. The smallest absolute Gasteiger partial charge is 0.389 e. The van der Waals surface area contributed by atoms with Crippen LogP contribution in [0.5, 0.6) is 0 Å². The maximum atomic E-state index is 11.9. The fourth-order valence-electron chi connectivity index (χ4n) is 1.15. The zero-order valence-corrected chi connectivity index (χ0v) is 10.0. The molecule has 0 heterocycles. The number of rotatable bonds is 5. The minimum Gasteiger partial charge on any atom is -0.468 e. The number of nitrogens with zero attached hydrogens (tertiary/aromatic N) is 1. The SMILES string of the molecule is COC(=O)CN(C(=O)CCC(F)(F)F)C(C)C. The average molecular weight is 255 g/mol. The minimum absolute atomic E-state index is 0.329. The van der Waals surface area contributed by atoms with Crippen LogP contribution < -0.4 is 0 Å². The molecule has 0 aromatic rings. The van der Waals surface area contributed by atoms with Gasteiger partial charge in [0.15, 0.2) is 0 Å². The molecule has 0 aliphatic heterocycles. The number of halogens is 3. The van der Waals surface area contributed by atoms with Crippen molar-refractivity contribution in [2.45, 2.75) is 38.9 Å². The monoisotopic (exact) mass is 255 g/mol. The number of amides is 1. The lowest BCUT2D eigenvalue weighted by molar-refractivity contribution is -0.154. The largest absolute Gasteiger partial charge is 0.468 e. The highest BCUT2D eigenvalue weighted by Crippen LogP contribution is 2.22. The van der Waals surface area contributed by atoms with E-state index in [1.54, 1.807) is 13.8 Å². The average Bonchev–Trinajstić information content (AvgIpc) is 2.20. The molecule has 0 aromatic carbocycles. The number of carbonyl (C=O) groups excluding carboxylic acids is 2. The third kappa shape index (κ3) is 6.80. The Hall–Kier alpha value is -1.27. The van der Waals surface area contributed by atoms with Crippen molar-refractivity contribution in [3.8, 4) is 0 Å². The highest BCUT2D eigenvalue weighted by Gasteiger charge is 2.30. The number of carbonyl (C=O) groups is 2. The van der Waals surface area contributed by atoms with Gasteiger partial charge in [0.1, 0.15) is 6.54 Å². The van der Waals surface area contributed by atoms with E-state index in [4.69, 9.17) is 0 Å². The first kappa shape index (κ1) is 15.7.